The maximum atomic E-state index is 2.60. The van der Waals surface area contributed by atoms with Gasteiger partial charge in [0.1, 0.15) is 0 Å². The van der Waals surface area contributed by atoms with Crippen LogP contribution in [0.3, 0.4) is 0 Å². The molecule has 2 nitrogen and oxygen atoms in total. The molecule has 0 saturated carbocycles. The number of rotatable bonds is 8. The minimum Gasteiger partial charge on any atom is -0.307 e. The zero-order chi connectivity index (χ0) is 41.7. The van der Waals surface area contributed by atoms with E-state index in [1.165, 1.54) is 86.6 Å². The quantitative estimate of drug-likeness (QED) is 0.107. The number of nitrogens with zero attached hydrogens (tertiary/aromatic N) is 2. The zero-order valence-electron chi connectivity index (χ0n) is 34.6. The summed E-state index contributed by atoms with van der Waals surface area (Å²) in [5.74, 6) is 0. The minimum absolute atomic E-state index is 1.12. The normalized spacial score (nSPS) is 11.8. The van der Waals surface area contributed by atoms with Crippen LogP contribution in [0.2, 0.25) is 0 Å². The summed E-state index contributed by atoms with van der Waals surface area (Å²) in [6.07, 6.45) is 0. The van der Waals surface area contributed by atoms with E-state index in [9.17, 15) is 0 Å². The Morgan fingerprint density at radius 3 is 1.29 bits per heavy atom. The Morgan fingerprint density at radius 1 is 0.270 bits per heavy atom. The van der Waals surface area contributed by atoms with Gasteiger partial charge in [0.25, 0.3) is 0 Å². The second-order valence-electron chi connectivity index (χ2n) is 16.4. The van der Waals surface area contributed by atoms with Crippen LogP contribution in [0.4, 0.5) is 0 Å². The molecule has 0 unspecified atom stereocenters. The van der Waals surface area contributed by atoms with Gasteiger partial charge in [-0.3, -0.25) is 0 Å². The molecule has 0 atom stereocenters. The first-order chi connectivity index (χ1) is 31.3. The second kappa shape index (κ2) is 15.2. The van der Waals surface area contributed by atoms with Crippen molar-refractivity contribution in [2.24, 2.45) is 0 Å². The summed E-state index contributed by atoms with van der Waals surface area (Å²) >= 11 is 0. The van der Waals surface area contributed by atoms with E-state index in [1.54, 1.807) is 0 Å². The van der Waals surface area contributed by atoms with Gasteiger partial charge in [0.2, 0.25) is 0 Å². The Balaban J connectivity index is 1.19. The monoisotopic (exact) mass is 818 g/mol. The molecule has 0 amide bonds. The van der Waals surface area contributed by atoms with Crippen molar-refractivity contribution in [1.29, 1.82) is 0 Å². The Hall–Kier alpha value is -7.98. The predicted octanol–water partition coefficient (Wildman–Crippen LogP) is 12.6. The summed E-state index contributed by atoms with van der Waals surface area (Å²) in [6.45, 7) is 0. The fourth-order valence-electron chi connectivity index (χ4n) is 10.4. The van der Waals surface area contributed by atoms with Crippen molar-refractivity contribution in [1.82, 2.24) is 9.13 Å². The van der Waals surface area contributed by atoms with E-state index in [-0.39, 0.29) is 0 Å². The molecule has 10 aromatic carbocycles. The molecule has 0 aliphatic carbocycles. The van der Waals surface area contributed by atoms with E-state index in [2.05, 4.69) is 264 Å². The van der Waals surface area contributed by atoms with Crippen LogP contribution in [-0.2, 0) is 0 Å². The zero-order valence-corrected chi connectivity index (χ0v) is 35.6. The molecule has 12 rings (SSSR count). The van der Waals surface area contributed by atoms with Crippen molar-refractivity contribution in [2.45, 2.75) is 0 Å². The third-order valence-corrected chi connectivity index (χ3v) is 17.9. The van der Waals surface area contributed by atoms with Gasteiger partial charge >= 0.3 is 0 Å². The molecule has 0 fully saturated rings. The van der Waals surface area contributed by atoms with Crippen LogP contribution < -0.4 is 20.7 Å². The van der Waals surface area contributed by atoms with E-state index in [0.29, 0.717) is 0 Å². The molecule has 0 saturated heterocycles. The molecular weight excluding hydrogens is 777 g/mol. The topological polar surface area (TPSA) is 9.86 Å². The van der Waals surface area contributed by atoms with Crippen LogP contribution in [0.5, 0.6) is 0 Å². The van der Waals surface area contributed by atoms with Crippen molar-refractivity contribution in [3.05, 3.63) is 255 Å². The third kappa shape index (κ3) is 5.85. The lowest BCUT2D eigenvalue weighted by molar-refractivity contribution is 1.13. The average Bonchev–Trinajstić information content (AvgIpc) is 3.89. The lowest BCUT2D eigenvalue weighted by Gasteiger charge is -2.35. The summed E-state index contributed by atoms with van der Waals surface area (Å²) in [5.41, 5.74) is 11.9. The average molecular weight is 819 g/mol. The highest BCUT2D eigenvalue weighted by Crippen LogP contribution is 2.40. The molecule has 0 N–H and O–H groups in total. The van der Waals surface area contributed by atoms with Crippen LogP contribution in [0, 0.1) is 0 Å². The summed E-state index contributed by atoms with van der Waals surface area (Å²) < 4.78 is 5.10. The van der Waals surface area contributed by atoms with Gasteiger partial charge in [-0.15, -0.1) is 0 Å². The highest BCUT2D eigenvalue weighted by molar-refractivity contribution is 7.20. The summed E-state index contributed by atoms with van der Waals surface area (Å²) in [4.78, 5) is 0. The largest absolute Gasteiger partial charge is 0.307 e. The van der Waals surface area contributed by atoms with Crippen molar-refractivity contribution < 1.29 is 0 Å². The number of fused-ring (bicyclic) bond motifs is 6. The van der Waals surface area contributed by atoms with Crippen molar-refractivity contribution in [2.75, 3.05) is 0 Å². The number of hydrogen-bond donors (Lipinski definition) is 0. The SMILES string of the molecule is c1ccc(-c2cccc(-c3cccc(-n4c5ccccc5c5cccc(-n6c7ccccc7c7cccc([Si](c8ccccc8)(c8ccccc8)c8ccccc8)c76)c54)c3)c2)cc1. The number of aromatic nitrogens is 2. The van der Waals surface area contributed by atoms with Crippen LogP contribution in [0.1, 0.15) is 0 Å². The first-order valence-electron chi connectivity index (χ1n) is 21.8. The molecule has 0 radical (unpaired) electrons. The van der Waals surface area contributed by atoms with E-state index in [1.807, 2.05) is 0 Å². The predicted molar refractivity (Wildman–Crippen MR) is 270 cm³/mol. The molecule has 0 spiro atoms. The van der Waals surface area contributed by atoms with Gasteiger partial charge in [0.05, 0.1) is 27.8 Å². The van der Waals surface area contributed by atoms with Crippen LogP contribution in [0.15, 0.2) is 255 Å². The van der Waals surface area contributed by atoms with Gasteiger partial charge in [0.15, 0.2) is 8.07 Å². The highest BCUT2D eigenvalue weighted by Gasteiger charge is 2.43. The maximum absolute atomic E-state index is 2.97. The molecule has 3 heteroatoms. The molecule has 12 aromatic rings. The van der Waals surface area contributed by atoms with E-state index in [0.717, 1.165) is 11.4 Å². The molecule has 63 heavy (non-hydrogen) atoms. The first kappa shape index (κ1) is 36.8. The van der Waals surface area contributed by atoms with Gasteiger partial charge in [-0.25, -0.2) is 0 Å². The molecular formula is C60H42N2Si. The van der Waals surface area contributed by atoms with Crippen LogP contribution in [-0.4, -0.2) is 17.2 Å². The van der Waals surface area contributed by atoms with Gasteiger partial charge in [-0.1, -0.05) is 218 Å². The highest BCUT2D eigenvalue weighted by atomic mass is 28.3. The summed E-state index contributed by atoms with van der Waals surface area (Å²) in [5, 5.41) is 10.4. The van der Waals surface area contributed by atoms with Crippen molar-refractivity contribution in [3.63, 3.8) is 0 Å². The minimum atomic E-state index is -2.97. The Morgan fingerprint density at radius 2 is 0.683 bits per heavy atom. The molecule has 296 valence electrons. The first-order valence-corrected chi connectivity index (χ1v) is 23.8. The fourth-order valence-corrected chi connectivity index (χ4v) is 15.3. The smallest absolute Gasteiger partial charge is 0.181 e. The standard InChI is InChI=1S/C60H42N2Si/c1-5-21-43(22-6-1)44-23-17-24-45(41-44)46-25-18-26-47(42-46)61-55-37-15-13-33-51(55)53-35-19-39-57(59(53)61)62-56-38-16-14-34-52(56)54-36-20-40-58(60(54)62)63(48-27-7-2-8-28-48,49-29-9-3-10-30-49)50-31-11-4-12-32-50/h1-42H. The van der Waals surface area contributed by atoms with Crippen molar-refractivity contribution in [3.8, 4) is 33.6 Å². The van der Waals surface area contributed by atoms with E-state index in [4.69, 9.17) is 0 Å². The Bertz CT molecular complexity index is 3510. The van der Waals surface area contributed by atoms with Gasteiger partial charge < -0.3 is 9.13 Å². The van der Waals surface area contributed by atoms with Crippen molar-refractivity contribution >= 4 is 72.4 Å². The summed E-state index contributed by atoms with van der Waals surface area (Å²) in [7, 11) is -2.97. The number of hydrogen-bond acceptors (Lipinski definition) is 0. The molecule has 0 aliphatic heterocycles. The molecule has 0 bridgehead atoms. The van der Waals surface area contributed by atoms with E-state index >= 15 is 0 Å². The van der Waals surface area contributed by atoms with Gasteiger partial charge in [0, 0.05) is 27.2 Å². The maximum Gasteiger partial charge on any atom is 0.181 e. The van der Waals surface area contributed by atoms with Gasteiger partial charge in [-0.05, 0) is 79.4 Å². The summed E-state index contributed by atoms with van der Waals surface area (Å²) in [6, 6.07) is 94.3. The molecule has 2 heterocycles. The lowest BCUT2D eigenvalue weighted by Crippen LogP contribution is -2.75. The number of para-hydroxylation sites is 4. The van der Waals surface area contributed by atoms with Gasteiger partial charge in [-0.2, -0.15) is 0 Å². The lowest BCUT2D eigenvalue weighted by atomic mass is 9.99. The Kier molecular flexibility index (Phi) is 8.87. The van der Waals surface area contributed by atoms with Crippen LogP contribution >= 0.6 is 0 Å². The number of benzene rings is 10. The fraction of sp³-hybridized carbons (Fsp3) is 0. The molecule has 2 aromatic heterocycles. The molecule has 0 aliphatic rings. The van der Waals surface area contributed by atoms with Crippen LogP contribution in [0.25, 0.3) is 77.2 Å². The Labute approximate surface area is 368 Å². The second-order valence-corrected chi connectivity index (χ2v) is 20.2. The van der Waals surface area contributed by atoms with E-state index < -0.39 is 8.07 Å². The third-order valence-electron chi connectivity index (χ3n) is 13.0.